The van der Waals surface area contributed by atoms with Gasteiger partial charge in [-0.05, 0) is 45.4 Å². The zero-order chi connectivity index (χ0) is 26.8. The van der Waals surface area contributed by atoms with Crippen LogP contribution < -0.4 is 10.7 Å². The Balaban J connectivity index is 1.53. The maximum absolute atomic E-state index is 14.4. The minimum Gasteiger partial charge on any atom is -0.381 e. The lowest BCUT2D eigenvalue weighted by atomic mass is 9.78. The minimum atomic E-state index is -0.0912. The Bertz CT molecular complexity index is 877. The van der Waals surface area contributed by atoms with Gasteiger partial charge in [-0.3, -0.25) is 20.1 Å². The third-order valence-electron chi connectivity index (χ3n) is 9.29. The standard InChI is InChI=1S/C28H48N6O4/c1-18(2)38-23-14-21(37-4)10-11-22(23)27-31-25(19-8-6-5-7-9-19)26(20-15-30-32(3)16-20)34(27)28(36)33-13-12-29-24(35)17-33/h18-23,25-26,30H,5-17H2,1-4H3,(H,29,35)/t20?,21?,22?,23?,25-,26+/m1/s1. The summed E-state index contributed by atoms with van der Waals surface area (Å²) in [6, 6.07) is 0.0162. The van der Waals surface area contributed by atoms with Gasteiger partial charge in [0, 0.05) is 58.6 Å². The van der Waals surface area contributed by atoms with E-state index in [0.29, 0.717) is 19.0 Å². The van der Waals surface area contributed by atoms with Crippen LogP contribution in [-0.2, 0) is 14.3 Å². The van der Waals surface area contributed by atoms with Crippen molar-refractivity contribution in [3.05, 3.63) is 0 Å². The molecule has 3 aliphatic heterocycles. The van der Waals surface area contributed by atoms with Crippen LogP contribution in [-0.4, -0.2) is 110 Å². The van der Waals surface area contributed by atoms with E-state index in [4.69, 9.17) is 14.5 Å². The van der Waals surface area contributed by atoms with Gasteiger partial charge in [-0.15, -0.1) is 0 Å². The SMILES string of the molecule is COC1CCC(C2=N[C@H](C3CCCCC3)[C@H](C3CNN(C)C3)N2C(=O)N2CCNC(=O)C2)C(OC(C)C)C1. The van der Waals surface area contributed by atoms with Crippen molar-refractivity contribution in [3.63, 3.8) is 0 Å². The molecule has 10 nitrogen and oxygen atoms in total. The number of methoxy groups -OCH3 is 1. The van der Waals surface area contributed by atoms with Crippen molar-refractivity contribution in [1.82, 2.24) is 25.6 Å². The van der Waals surface area contributed by atoms with E-state index in [1.807, 2.05) is 0 Å². The molecule has 0 aromatic carbocycles. The number of ether oxygens (including phenoxy) is 2. The maximum Gasteiger partial charge on any atom is 0.326 e. The number of carbonyl (C=O) groups excluding carboxylic acids is 2. The van der Waals surface area contributed by atoms with Crippen molar-refractivity contribution in [2.24, 2.45) is 22.7 Å². The van der Waals surface area contributed by atoms with E-state index in [1.54, 1.807) is 12.0 Å². The molecule has 38 heavy (non-hydrogen) atoms. The van der Waals surface area contributed by atoms with Gasteiger partial charge in [-0.1, -0.05) is 19.3 Å². The van der Waals surface area contributed by atoms with Gasteiger partial charge in [-0.2, -0.15) is 0 Å². The number of urea groups is 1. The fourth-order valence-corrected chi connectivity index (χ4v) is 7.49. The van der Waals surface area contributed by atoms with Crippen LogP contribution >= 0.6 is 0 Å². The van der Waals surface area contributed by atoms with Crippen molar-refractivity contribution >= 4 is 17.8 Å². The molecular weight excluding hydrogens is 484 g/mol. The zero-order valence-electron chi connectivity index (χ0n) is 23.7. The monoisotopic (exact) mass is 532 g/mol. The molecule has 0 spiro atoms. The van der Waals surface area contributed by atoms with Crippen LogP contribution in [0.2, 0.25) is 0 Å². The molecule has 3 amide bonds. The summed E-state index contributed by atoms with van der Waals surface area (Å²) < 4.78 is 12.3. The Kier molecular flexibility index (Phi) is 8.92. The summed E-state index contributed by atoms with van der Waals surface area (Å²) in [6.45, 7) is 6.99. The first-order valence-electron chi connectivity index (χ1n) is 14.9. The molecule has 4 unspecified atom stereocenters. The Morgan fingerprint density at radius 3 is 2.55 bits per heavy atom. The average Bonchev–Trinajstić information content (AvgIpc) is 3.52. The van der Waals surface area contributed by atoms with E-state index in [1.165, 1.54) is 32.1 Å². The highest BCUT2D eigenvalue weighted by Gasteiger charge is 2.52. The van der Waals surface area contributed by atoms with Crippen LogP contribution in [0.1, 0.15) is 65.2 Å². The number of hydrogen-bond donors (Lipinski definition) is 2. The van der Waals surface area contributed by atoms with Gasteiger partial charge < -0.3 is 19.7 Å². The molecule has 0 radical (unpaired) electrons. The predicted molar refractivity (Wildman–Crippen MR) is 146 cm³/mol. The molecule has 3 heterocycles. The Morgan fingerprint density at radius 2 is 1.89 bits per heavy atom. The van der Waals surface area contributed by atoms with Crippen LogP contribution in [0, 0.1) is 17.8 Å². The number of nitrogens with one attached hydrogen (secondary N) is 2. The van der Waals surface area contributed by atoms with E-state index in [9.17, 15) is 9.59 Å². The van der Waals surface area contributed by atoms with E-state index < -0.39 is 0 Å². The van der Waals surface area contributed by atoms with Crippen LogP contribution in [0.15, 0.2) is 4.99 Å². The van der Waals surface area contributed by atoms with Crippen molar-refractivity contribution in [3.8, 4) is 0 Å². The Hall–Kier alpha value is -1.75. The fourth-order valence-electron chi connectivity index (χ4n) is 7.49. The van der Waals surface area contributed by atoms with Crippen LogP contribution in [0.3, 0.4) is 0 Å². The summed E-state index contributed by atoms with van der Waals surface area (Å²) >= 11 is 0. The summed E-state index contributed by atoms with van der Waals surface area (Å²) in [5.41, 5.74) is 3.48. The number of piperazine rings is 1. The third-order valence-corrected chi connectivity index (χ3v) is 9.29. The van der Waals surface area contributed by atoms with Crippen LogP contribution in [0.25, 0.3) is 0 Å². The maximum atomic E-state index is 14.4. The largest absolute Gasteiger partial charge is 0.381 e. The molecule has 2 N–H and O–H groups in total. The van der Waals surface area contributed by atoms with E-state index in [-0.39, 0.29) is 60.7 Å². The molecule has 2 saturated carbocycles. The number of rotatable bonds is 6. The first kappa shape index (κ1) is 27.8. The summed E-state index contributed by atoms with van der Waals surface area (Å²) in [6.07, 6.45) is 8.90. The average molecular weight is 533 g/mol. The van der Waals surface area contributed by atoms with Gasteiger partial charge in [-0.25, -0.2) is 9.80 Å². The van der Waals surface area contributed by atoms with E-state index in [2.05, 4.69) is 41.5 Å². The fraction of sp³-hybridized carbons (Fsp3) is 0.893. The first-order valence-corrected chi connectivity index (χ1v) is 14.9. The summed E-state index contributed by atoms with van der Waals surface area (Å²) in [5, 5.41) is 5.02. The second kappa shape index (κ2) is 12.2. The Labute approximate surface area is 227 Å². The molecule has 4 fully saturated rings. The summed E-state index contributed by atoms with van der Waals surface area (Å²) in [5.74, 6) is 1.60. The number of hydrazine groups is 1. The topological polar surface area (TPSA) is 98.7 Å². The number of amides is 3. The quantitative estimate of drug-likeness (QED) is 0.545. The van der Waals surface area contributed by atoms with Crippen molar-refractivity contribution in [1.29, 1.82) is 0 Å². The highest BCUT2D eigenvalue weighted by Crippen LogP contribution is 2.42. The lowest BCUT2D eigenvalue weighted by molar-refractivity contribution is -0.123. The number of carbonyl (C=O) groups is 2. The van der Waals surface area contributed by atoms with Gasteiger partial charge in [0.05, 0.1) is 30.4 Å². The highest BCUT2D eigenvalue weighted by molar-refractivity contribution is 6.02. The van der Waals surface area contributed by atoms with Gasteiger partial charge in [0.25, 0.3) is 0 Å². The lowest BCUT2D eigenvalue weighted by Crippen LogP contribution is -2.60. The Morgan fingerprint density at radius 1 is 1.11 bits per heavy atom. The number of aliphatic imine (C=N–C) groups is 1. The molecule has 0 aromatic heterocycles. The smallest absolute Gasteiger partial charge is 0.326 e. The number of hydrogen-bond acceptors (Lipinski definition) is 7. The summed E-state index contributed by atoms with van der Waals surface area (Å²) in [7, 11) is 3.85. The molecule has 2 aliphatic carbocycles. The van der Waals surface area contributed by atoms with E-state index >= 15 is 0 Å². The van der Waals surface area contributed by atoms with Crippen LogP contribution in [0.4, 0.5) is 4.79 Å². The first-order chi connectivity index (χ1) is 18.4. The normalized spacial score (nSPS) is 35.6. The molecule has 5 rings (SSSR count). The molecule has 0 bridgehead atoms. The molecule has 214 valence electrons. The molecule has 0 aromatic rings. The van der Waals surface area contributed by atoms with Crippen molar-refractivity contribution in [2.45, 2.75) is 95.6 Å². The van der Waals surface area contributed by atoms with Crippen molar-refractivity contribution in [2.75, 3.05) is 46.9 Å². The molecule has 2 saturated heterocycles. The van der Waals surface area contributed by atoms with Gasteiger partial charge in [0.15, 0.2) is 0 Å². The molecular formula is C28H48N6O4. The zero-order valence-corrected chi connectivity index (χ0v) is 23.7. The second-order valence-corrected chi connectivity index (χ2v) is 12.3. The van der Waals surface area contributed by atoms with Gasteiger partial charge in [0.2, 0.25) is 5.91 Å². The second-order valence-electron chi connectivity index (χ2n) is 12.3. The van der Waals surface area contributed by atoms with Gasteiger partial charge in [0.1, 0.15) is 12.4 Å². The van der Waals surface area contributed by atoms with Crippen LogP contribution in [0.5, 0.6) is 0 Å². The molecule has 10 heteroatoms. The number of nitrogens with zero attached hydrogens (tertiary/aromatic N) is 4. The highest BCUT2D eigenvalue weighted by atomic mass is 16.5. The van der Waals surface area contributed by atoms with E-state index in [0.717, 1.165) is 38.2 Å². The van der Waals surface area contributed by atoms with Crippen molar-refractivity contribution < 1.29 is 19.1 Å². The van der Waals surface area contributed by atoms with Gasteiger partial charge >= 0.3 is 6.03 Å². The predicted octanol–water partition coefficient (Wildman–Crippen LogP) is 2.24. The number of amidine groups is 1. The third kappa shape index (κ3) is 5.88. The summed E-state index contributed by atoms with van der Waals surface area (Å²) in [4.78, 5) is 36.0. The molecule has 5 aliphatic rings. The minimum absolute atomic E-state index is 0.0112. The lowest BCUT2D eigenvalue weighted by Gasteiger charge is -2.42. The molecule has 6 atom stereocenters.